The number of hydrogen-bond donors (Lipinski definition) is 2. The lowest BCUT2D eigenvalue weighted by Gasteiger charge is -2.24. The van der Waals surface area contributed by atoms with Gasteiger partial charge in [0, 0.05) is 36.5 Å². The SMILES string of the molecule is CC(C)Oc1cc2c(OCC3CCC(=O)N3)ncc(C#CCN3CCOCC3)c2cc1C(N)=O. The van der Waals surface area contributed by atoms with Gasteiger partial charge in [-0.1, -0.05) is 11.8 Å². The maximum absolute atomic E-state index is 12.2. The van der Waals surface area contributed by atoms with Gasteiger partial charge in [-0.15, -0.1) is 0 Å². The maximum atomic E-state index is 12.2. The molecule has 9 nitrogen and oxygen atoms in total. The van der Waals surface area contributed by atoms with E-state index in [9.17, 15) is 9.59 Å². The number of nitrogens with two attached hydrogens (primary N) is 1. The third-order valence-corrected chi connectivity index (χ3v) is 5.71. The second-order valence-corrected chi connectivity index (χ2v) is 8.71. The fraction of sp³-hybridized carbons (Fsp3) is 0.480. The van der Waals surface area contributed by atoms with E-state index in [2.05, 4.69) is 27.0 Å². The number of primary amides is 1. The van der Waals surface area contributed by atoms with Crippen LogP contribution in [0.5, 0.6) is 11.6 Å². The minimum Gasteiger partial charge on any atom is -0.490 e. The van der Waals surface area contributed by atoms with Crippen molar-refractivity contribution in [1.29, 1.82) is 0 Å². The van der Waals surface area contributed by atoms with Crippen LogP contribution in [0.25, 0.3) is 10.8 Å². The molecule has 3 heterocycles. The highest BCUT2D eigenvalue weighted by molar-refractivity contribution is 6.03. The van der Waals surface area contributed by atoms with E-state index in [1.807, 2.05) is 13.8 Å². The predicted octanol–water partition coefficient (Wildman–Crippen LogP) is 1.46. The summed E-state index contributed by atoms with van der Waals surface area (Å²) in [5, 5.41) is 4.27. The van der Waals surface area contributed by atoms with Crippen molar-refractivity contribution in [3.05, 3.63) is 29.5 Å². The Kier molecular flexibility index (Phi) is 7.50. The number of benzene rings is 1. The largest absolute Gasteiger partial charge is 0.490 e. The number of morpholine rings is 1. The van der Waals surface area contributed by atoms with Gasteiger partial charge in [0.05, 0.1) is 43.0 Å². The summed E-state index contributed by atoms with van der Waals surface area (Å²) in [5.41, 5.74) is 6.61. The van der Waals surface area contributed by atoms with E-state index in [-0.39, 0.29) is 23.6 Å². The Morgan fingerprint density at radius 1 is 1.32 bits per heavy atom. The van der Waals surface area contributed by atoms with Gasteiger partial charge in [-0.3, -0.25) is 14.5 Å². The lowest BCUT2D eigenvalue weighted by Crippen LogP contribution is -2.36. The van der Waals surface area contributed by atoms with Gasteiger partial charge in [-0.05, 0) is 32.4 Å². The molecule has 1 atom stereocenters. The molecular weight excluding hydrogens is 436 g/mol. The van der Waals surface area contributed by atoms with Crippen LogP contribution in [-0.2, 0) is 9.53 Å². The van der Waals surface area contributed by atoms with Crippen molar-refractivity contribution < 1.29 is 23.8 Å². The van der Waals surface area contributed by atoms with E-state index in [1.165, 1.54) is 0 Å². The number of pyridine rings is 1. The molecule has 180 valence electrons. The number of rotatable bonds is 7. The predicted molar refractivity (Wildman–Crippen MR) is 127 cm³/mol. The first-order chi connectivity index (χ1) is 16.4. The molecule has 0 saturated carbocycles. The van der Waals surface area contributed by atoms with Gasteiger partial charge in [0.2, 0.25) is 11.8 Å². The number of amides is 2. The second kappa shape index (κ2) is 10.7. The van der Waals surface area contributed by atoms with Crippen molar-refractivity contribution in [3.63, 3.8) is 0 Å². The first kappa shape index (κ1) is 23.8. The van der Waals surface area contributed by atoms with Crippen LogP contribution in [0.1, 0.15) is 42.6 Å². The molecule has 2 aliphatic heterocycles. The van der Waals surface area contributed by atoms with E-state index in [1.54, 1.807) is 18.3 Å². The molecular formula is C25H30N4O5. The van der Waals surface area contributed by atoms with Crippen LogP contribution in [-0.4, -0.2) is 73.3 Å². The number of nitrogens with zero attached hydrogens (tertiary/aromatic N) is 2. The van der Waals surface area contributed by atoms with Gasteiger partial charge in [-0.2, -0.15) is 0 Å². The van der Waals surface area contributed by atoms with Crippen LogP contribution in [0.15, 0.2) is 18.3 Å². The fourth-order valence-corrected chi connectivity index (χ4v) is 3.99. The van der Waals surface area contributed by atoms with Crippen molar-refractivity contribution in [3.8, 4) is 23.5 Å². The molecule has 2 fully saturated rings. The Balaban J connectivity index is 1.69. The summed E-state index contributed by atoms with van der Waals surface area (Å²) in [6, 6.07) is 3.37. The Morgan fingerprint density at radius 3 is 2.79 bits per heavy atom. The second-order valence-electron chi connectivity index (χ2n) is 8.71. The summed E-state index contributed by atoms with van der Waals surface area (Å²) in [6.45, 7) is 7.78. The third-order valence-electron chi connectivity index (χ3n) is 5.71. The normalized spacial score (nSPS) is 18.4. The number of fused-ring (bicyclic) bond motifs is 1. The van der Waals surface area contributed by atoms with Crippen LogP contribution in [0.3, 0.4) is 0 Å². The highest BCUT2D eigenvalue weighted by Crippen LogP contribution is 2.33. The molecule has 2 aliphatic rings. The smallest absolute Gasteiger partial charge is 0.252 e. The molecule has 0 aliphatic carbocycles. The fourth-order valence-electron chi connectivity index (χ4n) is 3.99. The van der Waals surface area contributed by atoms with Crippen LogP contribution < -0.4 is 20.5 Å². The average molecular weight is 467 g/mol. The van der Waals surface area contributed by atoms with E-state index < -0.39 is 5.91 Å². The Labute approximate surface area is 198 Å². The molecule has 1 unspecified atom stereocenters. The molecule has 4 rings (SSSR count). The van der Waals surface area contributed by atoms with Crippen molar-refractivity contribution in [2.24, 2.45) is 5.73 Å². The summed E-state index contributed by atoms with van der Waals surface area (Å²) < 4.78 is 17.2. The van der Waals surface area contributed by atoms with Crippen molar-refractivity contribution >= 4 is 22.6 Å². The molecule has 9 heteroatoms. The number of carbonyl (C=O) groups is 2. The van der Waals surface area contributed by atoms with Gasteiger partial charge >= 0.3 is 0 Å². The molecule has 34 heavy (non-hydrogen) atoms. The highest BCUT2D eigenvalue weighted by Gasteiger charge is 2.23. The quantitative estimate of drug-likeness (QED) is 0.594. The molecule has 2 saturated heterocycles. The lowest BCUT2D eigenvalue weighted by molar-refractivity contribution is -0.119. The van der Waals surface area contributed by atoms with Crippen molar-refractivity contribution in [2.45, 2.75) is 38.8 Å². The summed E-state index contributed by atoms with van der Waals surface area (Å²) in [6.07, 6.45) is 2.70. The van der Waals surface area contributed by atoms with Gasteiger partial charge in [-0.25, -0.2) is 4.98 Å². The van der Waals surface area contributed by atoms with Crippen LogP contribution >= 0.6 is 0 Å². The number of aromatic nitrogens is 1. The van der Waals surface area contributed by atoms with Crippen molar-refractivity contribution in [1.82, 2.24) is 15.2 Å². The molecule has 0 bridgehead atoms. The highest BCUT2D eigenvalue weighted by atomic mass is 16.5. The summed E-state index contributed by atoms with van der Waals surface area (Å²) >= 11 is 0. The molecule has 1 aromatic carbocycles. The zero-order valence-corrected chi connectivity index (χ0v) is 19.6. The van der Waals surface area contributed by atoms with E-state index >= 15 is 0 Å². The van der Waals surface area contributed by atoms with E-state index in [4.69, 9.17) is 19.9 Å². The van der Waals surface area contributed by atoms with Crippen LogP contribution in [0.4, 0.5) is 0 Å². The van der Waals surface area contributed by atoms with Crippen LogP contribution in [0.2, 0.25) is 0 Å². The van der Waals surface area contributed by atoms with E-state index in [0.717, 1.165) is 19.5 Å². The van der Waals surface area contributed by atoms with E-state index in [0.29, 0.717) is 60.8 Å². The molecule has 1 aromatic heterocycles. The van der Waals surface area contributed by atoms with Gasteiger partial charge in [0.15, 0.2) is 0 Å². The number of nitrogens with one attached hydrogen (secondary N) is 1. The van der Waals surface area contributed by atoms with Crippen LogP contribution in [0, 0.1) is 11.8 Å². The first-order valence-electron chi connectivity index (χ1n) is 11.5. The number of ether oxygens (including phenoxy) is 3. The lowest BCUT2D eigenvalue weighted by atomic mass is 10.0. The first-order valence-corrected chi connectivity index (χ1v) is 11.5. The zero-order chi connectivity index (χ0) is 24.1. The zero-order valence-electron chi connectivity index (χ0n) is 19.6. The molecule has 3 N–H and O–H groups in total. The Bertz CT molecular complexity index is 1130. The monoisotopic (exact) mass is 466 g/mol. The average Bonchev–Trinajstić information content (AvgIpc) is 3.23. The van der Waals surface area contributed by atoms with Gasteiger partial charge in [0.25, 0.3) is 5.91 Å². The standard InChI is InChI=1S/C25H30N4O5/c1-16(2)34-22-13-20-19(12-21(22)24(26)31)17(4-3-7-29-8-10-32-11-9-29)14-27-25(20)33-15-18-5-6-23(30)28-18/h12-14,16,18H,5-11,15H2,1-2H3,(H2,26,31)(H,28,30). The third kappa shape index (κ3) is 5.76. The summed E-state index contributed by atoms with van der Waals surface area (Å²) in [5.74, 6) is 6.59. The minimum atomic E-state index is -0.585. The topological polar surface area (TPSA) is 116 Å². The molecule has 2 amide bonds. The number of carbonyl (C=O) groups excluding carboxylic acids is 2. The Morgan fingerprint density at radius 2 is 2.12 bits per heavy atom. The van der Waals surface area contributed by atoms with Crippen molar-refractivity contribution in [2.75, 3.05) is 39.5 Å². The minimum absolute atomic E-state index is 0.0241. The van der Waals surface area contributed by atoms with Gasteiger partial charge in [0.1, 0.15) is 12.4 Å². The molecule has 0 radical (unpaired) electrons. The molecule has 0 spiro atoms. The summed E-state index contributed by atoms with van der Waals surface area (Å²) in [4.78, 5) is 30.4. The Hall–Kier alpha value is -3.35. The van der Waals surface area contributed by atoms with Gasteiger partial charge < -0.3 is 25.3 Å². The molecule has 2 aromatic rings. The number of hydrogen-bond acceptors (Lipinski definition) is 7. The summed E-state index contributed by atoms with van der Waals surface area (Å²) in [7, 11) is 0. The maximum Gasteiger partial charge on any atom is 0.252 e.